The maximum absolute atomic E-state index is 12.2. The molecule has 9 heteroatoms. The van der Waals surface area contributed by atoms with E-state index in [1.165, 1.54) is 11.9 Å². The fourth-order valence-electron chi connectivity index (χ4n) is 2.33. The molecule has 1 fully saturated rings. The number of hydrogen-bond donors (Lipinski definition) is 0. The Labute approximate surface area is 156 Å². The number of amides is 5. The largest absolute Gasteiger partial charge is 0.492 e. The highest BCUT2D eigenvalue weighted by atomic mass is 35.5. The third-order valence-electron chi connectivity index (χ3n) is 3.83. The van der Waals surface area contributed by atoms with Crippen molar-refractivity contribution in [2.45, 2.75) is 19.9 Å². The number of carbonyl (C=O) groups is 4. The zero-order valence-electron chi connectivity index (χ0n) is 14.8. The number of likely N-dealkylation sites (N-methyl/N-ethyl adjacent to an activating group) is 1. The number of rotatable bonds is 7. The van der Waals surface area contributed by atoms with Crippen molar-refractivity contribution in [3.8, 4) is 5.75 Å². The van der Waals surface area contributed by atoms with Crippen molar-refractivity contribution in [2.24, 2.45) is 0 Å². The van der Waals surface area contributed by atoms with Crippen LogP contribution in [0.4, 0.5) is 4.79 Å². The van der Waals surface area contributed by atoms with Crippen LogP contribution in [0.15, 0.2) is 24.3 Å². The molecule has 26 heavy (non-hydrogen) atoms. The molecule has 1 aliphatic rings. The smallest absolute Gasteiger partial charge is 0.334 e. The first-order valence-corrected chi connectivity index (χ1v) is 8.41. The van der Waals surface area contributed by atoms with Crippen LogP contribution in [0.2, 0.25) is 5.02 Å². The summed E-state index contributed by atoms with van der Waals surface area (Å²) < 4.78 is 5.50. The Kier molecular flexibility index (Phi) is 6.20. The summed E-state index contributed by atoms with van der Waals surface area (Å²) in [6.07, 6.45) is 0. The number of imide groups is 2. The molecule has 0 N–H and O–H groups in total. The van der Waals surface area contributed by atoms with Crippen molar-refractivity contribution >= 4 is 35.4 Å². The zero-order chi connectivity index (χ0) is 19.4. The van der Waals surface area contributed by atoms with Crippen molar-refractivity contribution in [3.05, 3.63) is 29.3 Å². The highest BCUT2D eigenvalue weighted by molar-refractivity contribution is 6.45. The Balaban J connectivity index is 1.86. The molecule has 0 unspecified atom stereocenters. The Hall–Kier alpha value is -2.61. The van der Waals surface area contributed by atoms with Gasteiger partial charge in [-0.2, -0.15) is 0 Å². The van der Waals surface area contributed by atoms with Crippen LogP contribution in [-0.4, -0.2) is 71.2 Å². The van der Waals surface area contributed by atoms with Crippen LogP contribution in [0, 0.1) is 0 Å². The number of nitrogens with zero attached hydrogens (tertiary/aromatic N) is 3. The molecule has 1 heterocycles. The van der Waals surface area contributed by atoms with Gasteiger partial charge in [0.1, 0.15) is 18.9 Å². The predicted octanol–water partition coefficient (Wildman–Crippen LogP) is 1.38. The van der Waals surface area contributed by atoms with Crippen LogP contribution in [0.3, 0.4) is 0 Å². The van der Waals surface area contributed by atoms with E-state index in [0.29, 0.717) is 15.7 Å². The molecule has 2 rings (SSSR count). The summed E-state index contributed by atoms with van der Waals surface area (Å²) in [6.45, 7) is 3.23. The normalized spacial score (nSPS) is 14.4. The van der Waals surface area contributed by atoms with Crippen molar-refractivity contribution in [3.63, 3.8) is 0 Å². The minimum absolute atomic E-state index is 0.225. The molecule has 0 spiro atoms. The van der Waals surface area contributed by atoms with Crippen molar-refractivity contribution < 1.29 is 23.9 Å². The maximum atomic E-state index is 12.2. The third-order valence-corrected chi connectivity index (χ3v) is 4.08. The van der Waals surface area contributed by atoms with E-state index in [9.17, 15) is 19.2 Å². The molecule has 5 amide bonds. The SMILES string of the molecule is CC(C)N1C(=O)C(=O)N(CC(=O)N(C)CCOc2ccc(Cl)cc2)C1=O. The summed E-state index contributed by atoms with van der Waals surface area (Å²) in [5.41, 5.74) is 0. The molecule has 8 nitrogen and oxygen atoms in total. The lowest BCUT2D eigenvalue weighted by Crippen LogP contribution is -2.43. The molecule has 1 aliphatic heterocycles. The van der Waals surface area contributed by atoms with E-state index < -0.39 is 36.3 Å². The van der Waals surface area contributed by atoms with Crippen LogP contribution in [0.25, 0.3) is 0 Å². The monoisotopic (exact) mass is 381 g/mol. The molecular weight excluding hydrogens is 362 g/mol. The van der Waals surface area contributed by atoms with Gasteiger partial charge in [0.2, 0.25) is 5.91 Å². The average molecular weight is 382 g/mol. The molecule has 0 saturated carbocycles. The highest BCUT2D eigenvalue weighted by Crippen LogP contribution is 2.16. The molecule has 0 radical (unpaired) electrons. The van der Waals surface area contributed by atoms with E-state index in [4.69, 9.17) is 16.3 Å². The standard InChI is InChI=1S/C17H20ClN3O5/c1-11(2)21-16(24)15(23)20(17(21)25)10-14(22)19(3)8-9-26-13-6-4-12(18)5-7-13/h4-7,11H,8-10H2,1-3H3. The van der Waals surface area contributed by atoms with E-state index in [1.54, 1.807) is 38.1 Å². The van der Waals surface area contributed by atoms with E-state index >= 15 is 0 Å². The topological polar surface area (TPSA) is 87.2 Å². The fourth-order valence-corrected chi connectivity index (χ4v) is 2.46. The molecule has 1 aromatic rings. The van der Waals surface area contributed by atoms with Crippen LogP contribution in [0.1, 0.15) is 13.8 Å². The Bertz CT molecular complexity index is 720. The van der Waals surface area contributed by atoms with Gasteiger partial charge >= 0.3 is 17.8 Å². The first-order valence-electron chi connectivity index (χ1n) is 8.03. The Morgan fingerprint density at radius 2 is 1.77 bits per heavy atom. The van der Waals surface area contributed by atoms with Gasteiger partial charge in [-0.1, -0.05) is 11.6 Å². The Morgan fingerprint density at radius 3 is 2.31 bits per heavy atom. The average Bonchev–Trinajstić information content (AvgIpc) is 2.80. The summed E-state index contributed by atoms with van der Waals surface area (Å²) in [5.74, 6) is -1.75. The molecule has 140 valence electrons. The first-order chi connectivity index (χ1) is 12.2. The molecule has 0 aromatic heterocycles. The lowest BCUT2D eigenvalue weighted by molar-refractivity contribution is -0.145. The number of ether oxygens (including phenoxy) is 1. The van der Waals surface area contributed by atoms with Gasteiger partial charge < -0.3 is 9.64 Å². The van der Waals surface area contributed by atoms with Crippen LogP contribution in [-0.2, 0) is 14.4 Å². The van der Waals surface area contributed by atoms with Gasteiger partial charge in [-0.05, 0) is 38.1 Å². The quantitative estimate of drug-likeness (QED) is 0.526. The van der Waals surface area contributed by atoms with Crippen LogP contribution in [0.5, 0.6) is 5.75 Å². The van der Waals surface area contributed by atoms with E-state index in [1.807, 2.05) is 0 Å². The summed E-state index contributed by atoms with van der Waals surface area (Å²) >= 11 is 5.79. The lowest BCUT2D eigenvalue weighted by atomic mass is 10.3. The number of benzene rings is 1. The van der Waals surface area contributed by atoms with Gasteiger partial charge in [-0.25, -0.2) is 9.69 Å². The summed E-state index contributed by atoms with van der Waals surface area (Å²) in [5, 5.41) is 0.592. The maximum Gasteiger partial charge on any atom is 0.334 e. The highest BCUT2D eigenvalue weighted by Gasteiger charge is 2.46. The van der Waals surface area contributed by atoms with Crippen LogP contribution >= 0.6 is 11.6 Å². The number of hydrogen-bond acceptors (Lipinski definition) is 5. The summed E-state index contributed by atoms with van der Waals surface area (Å²) in [4.78, 5) is 51.0. The van der Waals surface area contributed by atoms with Crippen molar-refractivity contribution in [2.75, 3.05) is 26.7 Å². The molecular formula is C17H20ClN3O5. The molecule has 1 aromatic carbocycles. The van der Waals surface area contributed by atoms with Gasteiger partial charge in [-0.3, -0.25) is 19.3 Å². The van der Waals surface area contributed by atoms with Crippen molar-refractivity contribution in [1.29, 1.82) is 0 Å². The second-order valence-corrected chi connectivity index (χ2v) is 6.50. The van der Waals surface area contributed by atoms with Gasteiger partial charge in [-0.15, -0.1) is 0 Å². The minimum Gasteiger partial charge on any atom is -0.492 e. The first kappa shape index (κ1) is 19.7. The van der Waals surface area contributed by atoms with E-state index in [2.05, 4.69) is 0 Å². The van der Waals surface area contributed by atoms with Gasteiger partial charge in [0.25, 0.3) is 0 Å². The zero-order valence-corrected chi connectivity index (χ0v) is 15.5. The second kappa shape index (κ2) is 8.18. The predicted molar refractivity (Wildman–Crippen MR) is 93.7 cm³/mol. The van der Waals surface area contributed by atoms with E-state index in [0.717, 1.165) is 4.90 Å². The van der Waals surface area contributed by atoms with E-state index in [-0.39, 0.29) is 13.2 Å². The fraction of sp³-hybridized carbons (Fsp3) is 0.412. The number of urea groups is 1. The third kappa shape index (κ3) is 4.32. The molecule has 1 saturated heterocycles. The number of halogens is 1. The lowest BCUT2D eigenvalue weighted by Gasteiger charge is -2.21. The second-order valence-electron chi connectivity index (χ2n) is 6.06. The molecule has 0 aliphatic carbocycles. The Morgan fingerprint density at radius 1 is 1.15 bits per heavy atom. The molecule has 0 atom stereocenters. The summed E-state index contributed by atoms with van der Waals surface area (Å²) in [7, 11) is 1.53. The number of carbonyl (C=O) groups excluding carboxylic acids is 4. The van der Waals surface area contributed by atoms with Crippen LogP contribution < -0.4 is 4.74 Å². The van der Waals surface area contributed by atoms with Crippen molar-refractivity contribution in [1.82, 2.24) is 14.7 Å². The van der Waals surface area contributed by atoms with Gasteiger partial charge in [0.15, 0.2) is 0 Å². The molecule has 0 bridgehead atoms. The summed E-state index contributed by atoms with van der Waals surface area (Å²) in [6, 6.07) is 5.57. The van der Waals surface area contributed by atoms with Gasteiger partial charge in [0.05, 0.1) is 6.54 Å². The van der Waals surface area contributed by atoms with Gasteiger partial charge in [0, 0.05) is 18.1 Å². The minimum atomic E-state index is -0.983.